The topological polar surface area (TPSA) is 90.0 Å². The number of amides is 2. The smallest absolute Gasteiger partial charge is 0.304 e. The quantitative estimate of drug-likeness (QED) is 0.453. The van der Waals surface area contributed by atoms with Gasteiger partial charge in [-0.15, -0.1) is 0 Å². The van der Waals surface area contributed by atoms with E-state index in [4.69, 9.17) is 23.2 Å². The average molecular weight is 576 g/mol. The van der Waals surface area contributed by atoms with Gasteiger partial charge >= 0.3 is 10.2 Å². The summed E-state index contributed by atoms with van der Waals surface area (Å²) >= 11 is 12.7. The molecule has 0 bridgehead atoms. The number of rotatable bonds is 10. The first-order valence-electron chi connectivity index (χ1n) is 11.6. The number of hydrogen-bond donors (Lipinski definition) is 1. The molecule has 1 N–H and O–H groups in total. The first-order chi connectivity index (χ1) is 17.1. The summed E-state index contributed by atoms with van der Waals surface area (Å²) in [6.45, 7) is 6.41. The average Bonchev–Trinajstić information content (AvgIpc) is 2.78. The van der Waals surface area contributed by atoms with Crippen LogP contribution >= 0.6 is 23.2 Å². The van der Waals surface area contributed by atoms with Gasteiger partial charge in [0.2, 0.25) is 11.8 Å². The van der Waals surface area contributed by atoms with Gasteiger partial charge in [-0.2, -0.15) is 12.7 Å². The summed E-state index contributed by atoms with van der Waals surface area (Å²) in [5, 5.41) is 3.48. The molecule has 0 radical (unpaired) electrons. The van der Waals surface area contributed by atoms with Crippen molar-refractivity contribution < 1.29 is 22.4 Å². The molecule has 0 spiro atoms. The van der Waals surface area contributed by atoms with Crippen molar-refractivity contribution in [3.8, 4) is 0 Å². The lowest BCUT2D eigenvalue weighted by atomic mass is 10.1. The summed E-state index contributed by atoms with van der Waals surface area (Å²) in [5.41, 5.74) is -0.0632. The molecule has 8 nitrogen and oxygen atoms in total. The van der Waals surface area contributed by atoms with Crippen molar-refractivity contribution in [1.82, 2.24) is 14.5 Å². The number of nitrogens with one attached hydrogen (secondary N) is 1. The van der Waals surface area contributed by atoms with Crippen LogP contribution in [0.3, 0.4) is 0 Å². The van der Waals surface area contributed by atoms with Crippen molar-refractivity contribution in [2.24, 2.45) is 0 Å². The summed E-state index contributed by atoms with van der Waals surface area (Å²) in [4.78, 5) is 28.3. The molecule has 0 aromatic heterocycles. The summed E-state index contributed by atoms with van der Waals surface area (Å²) in [6, 6.07) is 8.67. The highest BCUT2D eigenvalue weighted by Gasteiger charge is 2.35. The van der Waals surface area contributed by atoms with Crippen molar-refractivity contribution in [2.75, 3.05) is 24.9 Å². The molecule has 0 heterocycles. The highest BCUT2D eigenvalue weighted by atomic mass is 35.5. The second-order valence-electron chi connectivity index (χ2n) is 9.66. The van der Waals surface area contributed by atoms with Crippen LogP contribution in [0.5, 0.6) is 0 Å². The Morgan fingerprint density at radius 1 is 1.03 bits per heavy atom. The first kappa shape index (κ1) is 30.8. The van der Waals surface area contributed by atoms with Crippen LogP contribution in [0, 0.1) is 5.82 Å². The van der Waals surface area contributed by atoms with Crippen LogP contribution < -0.4 is 9.62 Å². The molecular formula is C25H33Cl2FN4O4S. The Bertz CT molecular complexity index is 1200. The van der Waals surface area contributed by atoms with Crippen molar-refractivity contribution in [3.05, 3.63) is 63.9 Å². The predicted octanol–water partition coefficient (Wildman–Crippen LogP) is 4.47. The van der Waals surface area contributed by atoms with Gasteiger partial charge in [0.25, 0.3) is 0 Å². The molecule has 0 aliphatic heterocycles. The van der Waals surface area contributed by atoms with Gasteiger partial charge in [0.05, 0.1) is 5.69 Å². The molecule has 2 aromatic rings. The van der Waals surface area contributed by atoms with Gasteiger partial charge in [0.15, 0.2) is 0 Å². The van der Waals surface area contributed by atoms with E-state index in [-0.39, 0.29) is 18.7 Å². The molecular weight excluding hydrogens is 542 g/mol. The normalized spacial score (nSPS) is 12.8. The van der Waals surface area contributed by atoms with Gasteiger partial charge in [-0.1, -0.05) is 36.2 Å². The highest BCUT2D eigenvalue weighted by molar-refractivity contribution is 7.90. The number of carbonyl (C=O) groups is 2. The van der Waals surface area contributed by atoms with E-state index in [9.17, 15) is 22.4 Å². The van der Waals surface area contributed by atoms with Crippen LogP contribution in [-0.2, 0) is 26.3 Å². The third-order valence-corrected chi connectivity index (χ3v) is 7.94. The Balaban J connectivity index is 2.58. The predicted molar refractivity (Wildman–Crippen MR) is 145 cm³/mol. The SMILES string of the molecule is CCC(C(=O)NC(C)(C)C)N(Cc1c(Cl)cccc1Cl)C(=O)CN(c1ccc(F)cc1)S(=O)(=O)N(C)C. The lowest BCUT2D eigenvalue weighted by molar-refractivity contribution is -0.141. The second kappa shape index (κ2) is 12.4. The summed E-state index contributed by atoms with van der Waals surface area (Å²) in [6.07, 6.45) is 0.243. The summed E-state index contributed by atoms with van der Waals surface area (Å²) in [7, 11) is -1.51. The van der Waals surface area contributed by atoms with Crippen LogP contribution in [-0.4, -0.2) is 61.7 Å². The minimum atomic E-state index is -4.16. The van der Waals surface area contributed by atoms with Gasteiger partial charge in [-0.05, 0) is 63.6 Å². The van der Waals surface area contributed by atoms with Crippen LogP contribution in [0.2, 0.25) is 10.0 Å². The minimum absolute atomic E-state index is 0.0892. The van der Waals surface area contributed by atoms with Crippen molar-refractivity contribution in [3.63, 3.8) is 0 Å². The Morgan fingerprint density at radius 2 is 1.57 bits per heavy atom. The van der Waals surface area contributed by atoms with Crippen LogP contribution in [0.25, 0.3) is 0 Å². The molecule has 2 aromatic carbocycles. The Labute approximate surface area is 228 Å². The Morgan fingerprint density at radius 3 is 2.03 bits per heavy atom. The molecule has 0 saturated carbocycles. The molecule has 0 aliphatic rings. The van der Waals surface area contributed by atoms with Crippen molar-refractivity contribution in [1.29, 1.82) is 0 Å². The second-order valence-corrected chi connectivity index (χ2v) is 12.5. The zero-order chi connectivity index (χ0) is 28.1. The molecule has 2 amide bonds. The van der Waals surface area contributed by atoms with E-state index in [0.717, 1.165) is 20.7 Å². The molecule has 204 valence electrons. The monoisotopic (exact) mass is 574 g/mol. The number of halogens is 3. The first-order valence-corrected chi connectivity index (χ1v) is 13.7. The van der Waals surface area contributed by atoms with Crippen LogP contribution in [0.4, 0.5) is 10.1 Å². The fraction of sp³-hybridized carbons (Fsp3) is 0.440. The molecule has 1 atom stereocenters. The molecule has 0 saturated heterocycles. The van der Waals surface area contributed by atoms with Crippen molar-refractivity contribution in [2.45, 2.75) is 52.2 Å². The summed E-state index contributed by atoms with van der Waals surface area (Å²) < 4.78 is 41.7. The number of anilines is 1. The van der Waals surface area contributed by atoms with E-state index in [0.29, 0.717) is 15.6 Å². The third kappa shape index (κ3) is 8.04. The molecule has 0 fully saturated rings. The zero-order valence-electron chi connectivity index (χ0n) is 21.8. The standard InChI is InChI=1S/C25H33Cl2FN4O4S/c1-7-22(24(34)29-25(2,3)4)31(15-19-20(26)9-8-10-21(19)27)23(33)16-32(37(35,36)30(5)6)18-13-11-17(28)12-14-18/h8-14,22H,7,15-16H2,1-6H3,(H,29,34). The number of carbonyl (C=O) groups excluding carboxylic acids is 2. The Kier molecular flexibility index (Phi) is 10.4. The van der Waals surface area contributed by atoms with E-state index in [2.05, 4.69) is 5.32 Å². The van der Waals surface area contributed by atoms with Crippen LogP contribution in [0.15, 0.2) is 42.5 Å². The molecule has 1 unspecified atom stereocenters. The largest absolute Gasteiger partial charge is 0.350 e. The fourth-order valence-corrected chi connectivity index (χ4v) is 5.12. The van der Waals surface area contributed by atoms with E-state index in [1.807, 2.05) is 20.8 Å². The number of nitrogens with zero attached hydrogens (tertiary/aromatic N) is 3. The number of hydrogen-bond acceptors (Lipinski definition) is 4. The van der Waals surface area contributed by atoms with E-state index < -0.39 is 46.0 Å². The van der Waals surface area contributed by atoms with E-state index >= 15 is 0 Å². The fourth-order valence-electron chi connectivity index (χ4n) is 3.55. The highest BCUT2D eigenvalue weighted by Crippen LogP contribution is 2.28. The van der Waals surface area contributed by atoms with Crippen LogP contribution in [0.1, 0.15) is 39.7 Å². The maximum absolute atomic E-state index is 13.8. The van der Waals surface area contributed by atoms with Gasteiger partial charge in [-0.25, -0.2) is 8.70 Å². The van der Waals surface area contributed by atoms with Gasteiger partial charge in [-0.3, -0.25) is 9.59 Å². The minimum Gasteiger partial charge on any atom is -0.350 e. The lowest BCUT2D eigenvalue weighted by Gasteiger charge is -2.35. The maximum Gasteiger partial charge on any atom is 0.304 e. The van der Waals surface area contributed by atoms with Gasteiger partial charge < -0.3 is 10.2 Å². The van der Waals surface area contributed by atoms with Crippen molar-refractivity contribution >= 4 is 50.9 Å². The summed E-state index contributed by atoms with van der Waals surface area (Å²) in [5.74, 6) is -1.63. The third-order valence-electron chi connectivity index (χ3n) is 5.41. The lowest BCUT2D eigenvalue weighted by Crippen LogP contribution is -2.55. The molecule has 0 aliphatic carbocycles. The van der Waals surface area contributed by atoms with E-state index in [1.54, 1.807) is 25.1 Å². The van der Waals surface area contributed by atoms with Gasteiger partial charge in [0.1, 0.15) is 18.4 Å². The van der Waals surface area contributed by atoms with E-state index in [1.165, 1.54) is 31.1 Å². The maximum atomic E-state index is 13.8. The Hall–Kier alpha value is -2.40. The molecule has 2 rings (SSSR count). The number of benzene rings is 2. The molecule has 12 heteroatoms. The molecule has 37 heavy (non-hydrogen) atoms. The zero-order valence-corrected chi connectivity index (χ0v) is 24.1. The van der Waals surface area contributed by atoms with Gasteiger partial charge in [0, 0.05) is 41.8 Å².